The Morgan fingerprint density at radius 2 is 1.96 bits per heavy atom. The number of morpholine rings is 1. The number of carbonyl (C=O) groups excluding carboxylic acids is 2. The van der Waals surface area contributed by atoms with Gasteiger partial charge in [0.05, 0.1) is 26.2 Å². The average Bonchev–Trinajstić information content (AvgIpc) is 3.08. The van der Waals surface area contributed by atoms with Gasteiger partial charge in [0.1, 0.15) is 5.75 Å². The number of carbonyl (C=O) groups is 2. The third kappa shape index (κ3) is 5.68. The van der Waals surface area contributed by atoms with E-state index in [2.05, 4.69) is 10.2 Å². The van der Waals surface area contributed by atoms with Crippen molar-refractivity contribution in [2.75, 3.05) is 59.6 Å². The Morgan fingerprint density at radius 3 is 2.67 bits per heavy atom. The summed E-state index contributed by atoms with van der Waals surface area (Å²) in [6.45, 7) is 5.95. The summed E-state index contributed by atoms with van der Waals surface area (Å²) >= 11 is 0. The lowest BCUT2D eigenvalue weighted by atomic mass is 10.1. The van der Waals surface area contributed by atoms with Crippen LogP contribution in [0.25, 0.3) is 0 Å². The summed E-state index contributed by atoms with van der Waals surface area (Å²) in [5.41, 5.74) is 1.15. The number of methoxy groups -OCH3 is 1. The molecule has 1 aromatic rings. The van der Waals surface area contributed by atoms with Crippen molar-refractivity contribution < 1.29 is 19.1 Å². The number of amides is 2. The van der Waals surface area contributed by atoms with Gasteiger partial charge in [-0.15, -0.1) is 0 Å². The second kappa shape index (κ2) is 9.71. The van der Waals surface area contributed by atoms with E-state index >= 15 is 0 Å². The van der Waals surface area contributed by atoms with Crippen molar-refractivity contribution in [1.29, 1.82) is 0 Å². The summed E-state index contributed by atoms with van der Waals surface area (Å²) in [5.74, 6) is 0.642. The molecule has 2 saturated heterocycles. The van der Waals surface area contributed by atoms with Crippen LogP contribution in [0.15, 0.2) is 24.3 Å². The van der Waals surface area contributed by atoms with Gasteiger partial charge in [0.2, 0.25) is 11.8 Å². The van der Waals surface area contributed by atoms with Crippen LogP contribution in [0.4, 0.5) is 0 Å². The fraction of sp³-hybridized carbons (Fsp3) is 0.600. The highest BCUT2D eigenvalue weighted by molar-refractivity contribution is 5.89. The molecule has 2 fully saturated rings. The minimum atomic E-state index is -0.238. The van der Waals surface area contributed by atoms with E-state index in [-0.39, 0.29) is 17.7 Å². The molecule has 148 valence electrons. The molecule has 3 rings (SSSR count). The first-order valence-electron chi connectivity index (χ1n) is 9.64. The quantitative estimate of drug-likeness (QED) is 0.718. The first kappa shape index (κ1) is 19.6. The summed E-state index contributed by atoms with van der Waals surface area (Å²) in [6.07, 6.45) is 1.09. The summed E-state index contributed by atoms with van der Waals surface area (Å²) in [5, 5.41) is 2.99. The van der Waals surface area contributed by atoms with Crippen LogP contribution in [0, 0.1) is 5.92 Å². The molecule has 1 N–H and O–H groups in total. The highest BCUT2D eigenvalue weighted by Crippen LogP contribution is 2.19. The molecule has 0 aromatic heterocycles. The number of likely N-dealkylation sites (tertiary alicyclic amines) is 1. The van der Waals surface area contributed by atoms with Crippen LogP contribution in [0.1, 0.15) is 12.0 Å². The molecule has 0 bridgehead atoms. The molecule has 27 heavy (non-hydrogen) atoms. The molecule has 2 aliphatic heterocycles. The number of hydrogen-bond acceptors (Lipinski definition) is 5. The van der Waals surface area contributed by atoms with E-state index in [4.69, 9.17) is 9.47 Å². The van der Waals surface area contributed by atoms with E-state index in [1.54, 1.807) is 12.0 Å². The number of nitrogens with one attached hydrogen (secondary N) is 1. The SMILES string of the molecule is COc1ccc(CCN2CC(C(=O)NCCN3CCOCC3)CC2=O)cc1. The first-order chi connectivity index (χ1) is 13.2. The molecule has 0 spiro atoms. The second-order valence-electron chi connectivity index (χ2n) is 7.08. The molecule has 0 radical (unpaired) electrons. The van der Waals surface area contributed by atoms with Gasteiger partial charge in [-0.1, -0.05) is 12.1 Å². The zero-order chi connectivity index (χ0) is 19.1. The van der Waals surface area contributed by atoms with Crippen LogP contribution < -0.4 is 10.1 Å². The zero-order valence-corrected chi connectivity index (χ0v) is 16.0. The average molecular weight is 375 g/mol. The number of rotatable bonds is 8. The molecule has 1 unspecified atom stereocenters. The van der Waals surface area contributed by atoms with Gasteiger partial charge < -0.3 is 19.7 Å². The van der Waals surface area contributed by atoms with Crippen molar-refractivity contribution in [3.8, 4) is 5.75 Å². The molecule has 0 saturated carbocycles. The molecule has 1 atom stereocenters. The van der Waals surface area contributed by atoms with Crippen LogP contribution in [0.5, 0.6) is 5.75 Å². The van der Waals surface area contributed by atoms with Crippen molar-refractivity contribution in [2.45, 2.75) is 12.8 Å². The molecule has 7 heteroatoms. The normalized spacial score (nSPS) is 20.7. The van der Waals surface area contributed by atoms with E-state index in [0.29, 0.717) is 26.1 Å². The predicted molar refractivity (Wildman–Crippen MR) is 102 cm³/mol. The summed E-state index contributed by atoms with van der Waals surface area (Å²) in [7, 11) is 1.64. The fourth-order valence-electron chi connectivity index (χ4n) is 3.53. The van der Waals surface area contributed by atoms with Crippen molar-refractivity contribution in [2.24, 2.45) is 5.92 Å². The maximum Gasteiger partial charge on any atom is 0.225 e. The summed E-state index contributed by atoms with van der Waals surface area (Å²) in [6, 6.07) is 7.86. The second-order valence-corrected chi connectivity index (χ2v) is 7.08. The lowest BCUT2D eigenvalue weighted by molar-refractivity contribution is -0.129. The third-order valence-corrected chi connectivity index (χ3v) is 5.25. The third-order valence-electron chi connectivity index (χ3n) is 5.25. The number of benzene rings is 1. The molecule has 2 amide bonds. The van der Waals surface area contributed by atoms with Gasteiger partial charge in [-0.05, 0) is 24.1 Å². The Bertz CT molecular complexity index is 629. The highest BCUT2D eigenvalue weighted by Gasteiger charge is 2.33. The predicted octanol–water partition coefficient (Wildman–Crippen LogP) is 0.535. The Morgan fingerprint density at radius 1 is 1.22 bits per heavy atom. The molecule has 2 heterocycles. The molecule has 7 nitrogen and oxygen atoms in total. The zero-order valence-electron chi connectivity index (χ0n) is 16.0. The van der Waals surface area contributed by atoms with E-state index < -0.39 is 0 Å². The van der Waals surface area contributed by atoms with Gasteiger partial charge >= 0.3 is 0 Å². The van der Waals surface area contributed by atoms with E-state index in [1.165, 1.54) is 0 Å². The van der Waals surface area contributed by atoms with Crippen LogP contribution in [0.3, 0.4) is 0 Å². The Balaban J connectivity index is 1.38. The van der Waals surface area contributed by atoms with Gasteiger partial charge in [-0.3, -0.25) is 14.5 Å². The van der Waals surface area contributed by atoms with Crippen molar-refractivity contribution in [3.63, 3.8) is 0 Å². The standard InChI is InChI=1S/C20H29N3O4/c1-26-18-4-2-16(3-5-18)6-8-23-15-17(14-19(23)24)20(25)21-7-9-22-10-12-27-13-11-22/h2-5,17H,6-15H2,1H3,(H,21,25). The maximum atomic E-state index is 12.4. The van der Waals surface area contributed by atoms with Gasteiger partial charge in [0.25, 0.3) is 0 Å². The molecule has 1 aromatic carbocycles. The van der Waals surface area contributed by atoms with Crippen LogP contribution in [0.2, 0.25) is 0 Å². The summed E-state index contributed by atoms with van der Waals surface area (Å²) in [4.78, 5) is 28.7. The maximum absolute atomic E-state index is 12.4. The monoisotopic (exact) mass is 375 g/mol. The first-order valence-corrected chi connectivity index (χ1v) is 9.64. The molecular formula is C20H29N3O4. The molecule has 2 aliphatic rings. The van der Waals surface area contributed by atoms with Gasteiger partial charge in [-0.25, -0.2) is 0 Å². The molecular weight excluding hydrogens is 346 g/mol. The van der Waals surface area contributed by atoms with Crippen molar-refractivity contribution in [1.82, 2.24) is 15.1 Å². The minimum Gasteiger partial charge on any atom is -0.497 e. The number of hydrogen-bond donors (Lipinski definition) is 1. The van der Waals surface area contributed by atoms with Crippen molar-refractivity contribution in [3.05, 3.63) is 29.8 Å². The van der Waals surface area contributed by atoms with Crippen molar-refractivity contribution >= 4 is 11.8 Å². The lowest BCUT2D eigenvalue weighted by Gasteiger charge is -2.26. The molecule has 0 aliphatic carbocycles. The van der Waals surface area contributed by atoms with Gasteiger partial charge in [0, 0.05) is 45.7 Å². The van der Waals surface area contributed by atoms with Crippen LogP contribution >= 0.6 is 0 Å². The topological polar surface area (TPSA) is 71.1 Å². The minimum absolute atomic E-state index is 0.0106. The summed E-state index contributed by atoms with van der Waals surface area (Å²) < 4.78 is 10.5. The van der Waals surface area contributed by atoms with Gasteiger partial charge in [0.15, 0.2) is 0 Å². The number of nitrogens with zero attached hydrogens (tertiary/aromatic N) is 2. The van der Waals surface area contributed by atoms with Gasteiger partial charge in [-0.2, -0.15) is 0 Å². The fourth-order valence-corrected chi connectivity index (χ4v) is 3.53. The Kier molecular flexibility index (Phi) is 7.06. The highest BCUT2D eigenvalue weighted by atomic mass is 16.5. The van der Waals surface area contributed by atoms with Crippen LogP contribution in [-0.2, 0) is 20.7 Å². The smallest absolute Gasteiger partial charge is 0.225 e. The van der Waals surface area contributed by atoms with Crippen LogP contribution in [-0.4, -0.2) is 81.2 Å². The Hall–Kier alpha value is -2.12. The van der Waals surface area contributed by atoms with E-state index in [9.17, 15) is 9.59 Å². The Labute approximate surface area is 160 Å². The lowest BCUT2D eigenvalue weighted by Crippen LogP contribution is -2.42. The number of ether oxygens (including phenoxy) is 2. The largest absolute Gasteiger partial charge is 0.497 e. The van der Waals surface area contributed by atoms with E-state index in [1.807, 2.05) is 24.3 Å². The van der Waals surface area contributed by atoms with E-state index in [0.717, 1.165) is 50.6 Å².